The van der Waals surface area contributed by atoms with Crippen molar-refractivity contribution >= 4 is 34.4 Å². The maximum atomic E-state index is 13.9. The van der Waals surface area contributed by atoms with Crippen LogP contribution in [0.1, 0.15) is 74.6 Å². The van der Waals surface area contributed by atoms with Gasteiger partial charge in [0.15, 0.2) is 0 Å². The maximum absolute atomic E-state index is 13.9. The number of Topliss-reactive ketones (excluding diaryl/α,β-unsaturated/α-hetero) is 1. The highest BCUT2D eigenvalue weighted by molar-refractivity contribution is 6.45. The fourth-order valence-electron chi connectivity index (χ4n) is 6.07. The average molecular weight is 555 g/mol. The van der Waals surface area contributed by atoms with Crippen LogP contribution >= 0.6 is 0 Å². The first-order valence-corrected chi connectivity index (χ1v) is 14.5. The molecule has 2 fully saturated rings. The molecule has 0 atom stereocenters. The van der Waals surface area contributed by atoms with Crippen molar-refractivity contribution in [3.63, 3.8) is 0 Å². The highest BCUT2D eigenvalue weighted by Gasteiger charge is 2.35. The van der Waals surface area contributed by atoms with Gasteiger partial charge in [0.1, 0.15) is 18.8 Å². The molecule has 2 aromatic rings. The molecule has 0 radical (unpaired) electrons. The molecular weight excluding hydrogens is 512 g/mol. The van der Waals surface area contributed by atoms with Crippen molar-refractivity contribution in [2.24, 2.45) is 0 Å². The Morgan fingerprint density at radius 1 is 0.925 bits per heavy atom. The molecule has 2 saturated carbocycles. The number of carbonyl (C=O) groups is 4. The molecule has 10 nitrogen and oxygen atoms in total. The second-order valence-corrected chi connectivity index (χ2v) is 10.8. The molecule has 2 aliphatic carbocycles. The molecule has 0 saturated heterocycles. The number of H-pyrrole nitrogens is 1. The first-order chi connectivity index (χ1) is 19.4. The number of rotatable bonds is 12. The van der Waals surface area contributed by atoms with E-state index in [0.29, 0.717) is 23.3 Å². The number of ether oxygens (including phenoxy) is 2. The fourth-order valence-corrected chi connectivity index (χ4v) is 6.07. The van der Waals surface area contributed by atoms with Crippen molar-refractivity contribution in [2.75, 3.05) is 40.5 Å². The molecule has 0 spiro atoms. The SMILES string of the molecule is COCCNC(=O)CN(CC(=O)N(C1CCCCC1)C1CCCCC1)C(=O)C(=O)c1c[nH]c2cc(OC)ccc12. The van der Waals surface area contributed by atoms with Gasteiger partial charge in [0, 0.05) is 48.9 Å². The van der Waals surface area contributed by atoms with Crippen LogP contribution in [0.15, 0.2) is 24.4 Å². The van der Waals surface area contributed by atoms with Crippen LogP contribution in [-0.4, -0.2) is 90.8 Å². The van der Waals surface area contributed by atoms with Crippen molar-refractivity contribution in [3.8, 4) is 5.75 Å². The highest BCUT2D eigenvalue weighted by atomic mass is 16.5. The van der Waals surface area contributed by atoms with E-state index < -0.39 is 17.6 Å². The van der Waals surface area contributed by atoms with Gasteiger partial charge in [-0.25, -0.2) is 0 Å². The Kier molecular flexibility index (Phi) is 10.6. The zero-order chi connectivity index (χ0) is 28.5. The van der Waals surface area contributed by atoms with Crippen LogP contribution in [-0.2, 0) is 19.1 Å². The number of aromatic nitrogens is 1. The number of nitrogens with one attached hydrogen (secondary N) is 2. The fraction of sp³-hybridized carbons (Fsp3) is 0.600. The average Bonchev–Trinajstić information content (AvgIpc) is 3.40. The molecule has 1 aromatic heterocycles. The Labute approximate surface area is 235 Å². The van der Waals surface area contributed by atoms with Crippen molar-refractivity contribution in [1.82, 2.24) is 20.1 Å². The number of hydrogen-bond acceptors (Lipinski definition) is 6. The minimum absolute atomic E-state index is 0.135. The number of carbonyl (C=O) groups excluding carboxylic acids is 4. The van der Waals surface area contributed by atoms with Crippen LogP contribution in [0.2, 0.25) is 0 Å². The molecule has 3 amide bonds. The molecule has 0 aliphatic heterocycles. The lowest BCUT2D eigenvalue weighted by molar-refractivity contribution is -0.144. The summed E-state index contributed by atoms with van der Waals surface area (Å²) in [5.74, 6) is -1.66. The minimum Gasteiger partial charge on any atom is -0.497 e. The summed E-state index contributed by atoms with van der Waals surface area (Å²) in [5.41, 5.74) is 0.840. The summed E-state index contributed by atoms with van der Waals surface area (Å²) in [5, 5.41) is 3.27. The molecule has 10 heteroatoms. The zero-order valence-electron chi connectivity index (χ0n) is 23.7. The van der Waals surface area contributed by atoms with Gasteiger partial charge in [-0.05, 0) is 37.8 Å². The van der Waals surface area contributed by atoms with Gasteiger partial charge in [-0.15, -0.1) is 0 Å². The Morgan fingerprint density at radius 2 is 1.57 bits per heavy atom. The van der Waals surface area contributed by atoms with Gasteiger partial charge in [-0.2, -0.15) is 0 Å². The number of hydrogen-bond donors (Lipinski definition) is 2. The van der Waals surface area contributed by atoms with Gasteiger partial charge in [0.05, 0.1) is 19.3 Å². The van der Waals surface area contributed by atoms with Gasteiger partial charge in [0.25, 0.3) is 11.7 Å². The topological polar surface area (TPSA) is 121 Å². The molecular formula is C30H42N4O6. The Balaban J connectivity index is 1.57. The third-order valence-electron chi connectivity index (χ3n) is 8.13. The second kappa shape index (κ2) is 14.3. The molecule has 1 heterocycles. The van der Waals surface area contributed by atoms with E-state index in [9.17, 15) is 19.2 Å². The van der Waals surface area contributed by atoms with Crippen LogP contribution in [0, 0.1) is 0 Å². The largest absolute Gasteiger partial charge is 0.497 e. The molecule has 1 aromatic carbocycles. The Bertz CT molecular complexity index is 1160. The number of amides is 3. The van der Waals surface area contributed by atoms with Gasteiger partial charge in [0.2, 0.25) is 11.8 Å². The summed E-state index contributed by atoms with van der Waals surface area (Å²) in [6.07, 6.45) is 11.9. The van der Waals surface area contributed by atoms with Gasteiger partial charge >= 0.3 is 0 Å². The molecule has 0 bridgehead atoms. The molecule has 40 heavy (non-hydrogen) atoms. The normalized spacial score (nSPS) is 16.4. The smallest absolute Gasteiger partial charge is 0.295 e. The van der Waals surface area contributed by atoms with Crippen LogP contribution in [0.4, 0.5) is 0 Å². The monoisotopic (exact) mass is 554 g/mol. The second-order valence-electron chi connectivity index (χ2n) is 10.8. The van der Waals surface area contributed by atoms with E-state index in [0.717, 1.165) is 56.3 Å². The van der Waals surface area contributed by atoms with E-state index in [1.807, 2.05) is 4.90 Å². The van der Waals surface area contributed by atoms with E-state index in [1.165, 1.54) is 26.1 Å². The minimum atomic E-state index is -0.876. The van der Waals surface area contributed by atoms with Crippen molar-refractivity contribution < 1.29 is 28.7 Å². The molecule has 2 N–H and O–H groups in total. The highest BCUT2D eigenvalue weighted by Crippen LogP contribution is 2.31. The summed E-state index contributed by atoms with van der Waals surface area (Å²) in [6, 6.07) is 5.44. The number of benzene rings is 1. The van der Waals surface area contributed by atoms with E-state index in [2.05, 4.69) is 10.3 Å². The first kappa shape index (κ1) is 29.6. The van der Waals surface area contributed by atoms with Crippen molar-refractivity contribution in [2.45, 2.75) is 76.3 Å². The van der Waals surface area contributed by atoms with Gasteiger partial charge < -0.3 is 29.6 Å². The number of ketones is 1. The number of fused-ring (bicyclic) bond motifs is 1. The summed E-state index contributed by atoms with van der Waals surface area (Å²) < 4.78 is 10.2. The van der Waals surface area contributed by atoms with Crippen LogP contribution in [0.25, 0.3) is 10.9 Å². The van der Waals surface area contributed by atoms with E-state index in [1.54, 1.807) is 25.3 Å². The van der Waals surface area contributed by atoms with Gasteiger partial charge in [-0.3, -0.25) is 19.2 Å². The third-order valence-corrected chi connectivity index (χ3v) is 8.13. The molecule has 0 unspecified atom stereocenters. The Hall–Kier alpha value is -3.40. The summed E-state index contributed by atoms with van der Waals surface area (Å²) in [7, 11) is 3.08. The molecule has 2 aliphatic rings. The first-order valence-electron chi connectivity index (χ1n) is 14.5. The number of methoxy groups -OCH3 is 2. The number of nitrogens with zero attached hydrogens (tertiary/aromatic N) is 2. The van der Waals surface area contributed by atoms with Crippen LogP contribution < -0.4 is 10.1 Å². The summed E-state index contributed by atoms with van der Waals surface area (Å²) >= 11 is 0. The van der Waals surface area contributed by atoms with E-state index in [-0.39, 0.29) is 43.2 Å². The van der Waals surface area contributed by atoms with Crippen LogP contribution in [0.3, 0.4) is 0 Å². The number of aromatic amines is 1. The summed E-state index contributed by atoms with van der Waals surface area (Å²) in [4.78, 5) is 60.0. The molecule has 4 rings (SSSR count). The zero-order valence-corrected chi connectivity index (χ0v) is 23.7. The predicted molar refractivity (Wildman–Crippen MR) is 151 cm³/mol. The standard InChI is InChI=1S/C30H42N4O6/c1-39-16-15-31-27(35)19-33(30(38)29(37)25-18-32-26-17-23(40-2)13-14-24(25)26)20-28(36)34(21-9-5-3-6-10-21)22-11-7-4-8-12-22/h13-14,17-18,21-22,32H,3-12,15-16,19-20H2,1-2H3,(H,31,35). The van der Waals surface area contributed by atoms with E-state index in [4.69, 9.17) is 9.47 Å². The lowest BCUT2D eigenvalue weighted by atomic mass is 9.88. The molecule has 218 valence electrons. The quantitative estimate of drug-likeness (QED) is 0.236. The Morgan fingerprint density at radius 3 is 2.17 bits per heavy atom. The van der Waals surface area contributed by atoms with Crippen molar-refractivity contribution in [3.05, 3.63) is 30.0 Å². The summed E-state index contributed by atoms with van der Waals surface area (Å²) in [6.45, 7) is -0.127. The van der Waals surface area contributed by atoms with E-state index >= 15 is 0 Å². The lowest BCUT2D eigenvalue weighted by Crippen LogP contribution is -2.54. The van der Waals surface area contributed by atoms with Gasteiger partial charge in [-0.1, -0.05) is 38.5 Å². The third kappa shape index (κ3) is 7.21. The maximum Gasteiger partial charge on any atom is 0.295 e. The van der Waals surface area contributed by atoms with Crippen LogP contribution in [0.5, 0.6) is 5.75 Å². The lowest BCUT2D eigenvalue weighted by Gasteiger charge is -2.42. The van der Waals surface area contributed by atoms with Crippen molar-refractivity contribution in [1.29, 1.82) is 0 Å². The predicted octanol–water partition coefficient (Wildman–Crippen LogP) is 3.44.